The Balaban J connectivity index is 1.37. The van der Waals surface area contributed by atoms with Gasteiger partial charge in [0.05, 0.1) is 5.92 Å². The molecule has 0 spiro atoms. The van der Waals surface area contributed by atoms with Gasteiger partial charge >= 0.3 is 5.97 Å². The second kappa shape index (κ2) is 12.4. The zero-order valence-corrected chi connectivity index (χ0v) is 23.6. The number of ether oxygens (including phenoxy) is 3. The summed E-state index contributed by atoms with van der Waals surface area (Å²) in [7, 11) is 0. The molecule has 1 heterocycles. The fraction of sp³-hybridized carbons (Fsp3) is 0.0625. The number of esters is 1. The lowest BCUT2D eigenvalue weighted by Gasteiger charge is -2.27. The third-order valence-corrected chi connectivity index (χ3v) is 7.25. The van der Waals surface area contributed by atoms with E-state index >= 15 is 0 Å². The first-order valence-electron chi connectivity index (χ1n) is 12.3. The molecule has 1 aliphatic rings. The maximum absolute atomic E-state index is 12.5. The molecule has 5 rings (SSSR count). The molecule has 0 fully saturated rings. The first kappa shape index (κ1) is 28.1. The molecule has 204 valence electrons. The van der Waals surface area contributed by atoms with Crippen LogP contribution in [-0.2, 0) is 11.4 Å². The summed E-state index contributed by atoms with van der Waals surface area (Å²) >= 11 is 18.3. The molecule has 6 nitrogen and oxygen atoms in total. The molecule has 0 bridgehead atoms. The van der Waals surface area contributed by atoms with E-state index in [-0.39, 0.29) is 23.8 Å². The Bertz CT molecular complexity index is 1740. The summed E-state index contributed by atoms with van der Waals surface area (Å²) < 4.78 is 17.2. The van der Waals surface area contributed by atoms with Crippen LogP contribution in [0.2, 0.25) is 15.1 Å². The molecule has 0 amide bonds. The Morgan fingerprint density at radius 2 is 1.78 bits per heavy atom. The van der Waals surface area contributed by atoms with Gasteiger partial charge in [-0.25, -0.2) is 4.79 Å². The van der Waals surface area contributed by atoms with Crippen LogP contribution < -0.4 is 19.9 Å². The molecule has 41 heavy (non-hydrogen) atoms. The smallest absolute Gasteiger partial charge is 0.336 e. The Morgan fingerprint density at radius 1 is 0.951 bits per heavy atom. The molecule has 2 N–H and O–H groups in total. The molecule has 1 aliphatic heterocycles. The van der Waals surface area contributed by atoms with Gasteiger partial charge in [0, 0.05) is 38.3 Å². The quantitative estimate of drug-likeness (QED) is 0.130. The van der Waals surface area contributed by atoms with Crippen molar-refractivity contribution in [3.8, 4) is 23.3 Å². The molecule has 0 saturated carbocycles. The zero-order valence-electron chi connectivity index (χ0n) is 21.3. The Kier molecular flexibility index (Phi) is 8.51. The van der Waals surface area contributed by atoms with E-state index in [0.29, 0.717) is 37.7 Å². The van der Waals surface area contributed by atoms with E-state index < -0.39 is 11.9 Å². The number of nitriles is 1. The number of hydrogen-bond acceptors (Lipinski definition) is 6. The topological polar surface area (TPSA) is 94.6 Å². The molecule has 4 aromatic carbocycles. The van der Waals surface area contributed by atoms with Crippen LogP contribution in [0.1, 0.15) is 28.2 Å². The predicted octanol–water partition coefficient (Wildman–Crippen LogP) is 8.06. The van der Waals surface area contributed by atoms with Gasteiger partial charge in [-0.05, 0) is 53.6 Å². The summed E-state index contributed by atoms with van der Waals surface area (Å²) in [5.41, 5.74) is 9.34. The Hall–Kier alpha value is -4.41. The molecule has 0 radical (unpaired) electrons. The standard InChI is InChI=1S/C32H21Cl3N2O4/c33-22-10-8-19(28(35)15-22)9-13-30(38)40-24-11-12-25-29(16-24)41-32(37)26(17-36)31(25)20-5-3-6-23(14-20)39-18-21-4-1-2-7-27(21)34/h1-16,31H,18,37H2/b13-9+. The van der Waals surface area contributed by atoms with Crippen LogP contribution in [0.5, 0.6) is 17.2 Å². The van der Waals surface area contributed by atoms with Gasteiger partial charge in [0.1, 0.15) is 35.5 Å². The molecule has 0 saturated heterocycles. The van der Waals surface area contributed by atoms with Crippen molar-refractivity contribution in [2.75, 3.05) is 0 Å². The minimum absolute atomic E-state index is 0.0341. The minimum Gasteiger partial charge on any atom is -0.489 e. The van der Waals surface area contributed by atoms with Gasteiger partial charge in [-0.15, -0.1) is 0 Å². The van der Waals surface area contributed by atoms with Crippen LogP contribution in [0.4, 0.5) is 0 Å². The van der Waals surface area contributed by atoms with Crippen molar-refractivity contribution in [2.45, 2.75) is 12.5 Å². The first-order valence-corrected chi connectivity index (χ1v) is 13.5. The van der Waals surface area contributed by atoms with E-state index in [0.717, 1.165) is 11.1 Å². The van der Waals surface area contributed by atoms with Crippen molar-refractivity contribution in [3.63, 3.8) is 0 Å². The highest BCUT2D eigenvalue weighted by Crippen LogP contribution is 2.44. The van der Waals surface area contributed by atoms with Crippen molar-refractivity contribution in [1.29, 1.82) is 5.26 Å². The maximum atomic E-state index is 12.5. The van der Waals surface area contributed by atoms with Crippen LogP contribution in [-0.4, -0.2) is 5.97 Å². The molecule has 1 unspecified atom stereocenters. The summed E-state index contributed by atoms with van der Waals surface area (Å²) in [6.45, 7) is 0.282. The van der Waals surface area contributed by atoms with Gasteiger partial charge in [-0.2, -0.15) is 5.26 Å². The van der Waals surface area contributed by atoms with Crippen molar-refractivity contribution < 1.29 is 19.0 Å². The van der Waals surface area contributed by atoms with Gasteiger partial charge in [0.15, 0.2) is 0 Å². The fourth-order valence-electron chi connectivity index (χ4n) is 4.35. The van der Waals surface area contributed by atoms with Gasteiger partial charge in [0.2, 0.25) is 5.88 Å². The number of nitrogens with zero attached hydrogens (tertiary/aromatic N) is 1. The molecule has 1 atom stereocenters. The summed E-state index contributed by atoms with van der Waals surface area (Å²) in [6, 6.07) is 26.9. The summed E-state index contributed by atoms with van der Waals surface area (Å²) in [4.78, 5) is 12.5. The number of rotatable bonds is 7. The van der Waals surface area contributed by atoms with Crippen molar-refractivity contribution in [3.05, 3.63) is 140 Å². The lowest BCUT2D eigenvalue weighted by atomic mass is 9.83. The van der Waals surface area contributed by atoms with Crippen molar-refractivity contribution in [1.82, 2.24) is 0 Å². The minimum atomic E-state index is -0.618. The highest BCUT2D eigenvalue weighted by molar-refractivity contribution is 6.35. The largest absolute Gasteiger partial charge is 0.489 e. The summed E-state index contributed by atoms with van der Waals surface area (Å²) in [6.07, 6.45) is 2.79. The first-order chi connectivity index (χ1) is 19.8. The number of hydrogen-bond donors (Lipinski definition) is 1. The van der Waals surface area contributed by atoms with Crippen LogP contribution in [0.25, 0.3) is 6.08 Å². The molecule has 9 heteroatoms. The average molecular weight is 604 g/mol. The van der Waals surface area contributed by atoms with Crippen molar-refractivity contribution in [2.24, 2.45) is 5.73 Å². The number of carbonyl (C=O) groups excluding carboxylic acids is 1. The highest BCUT2D eigenvalue weighted by Gasteiger charge is 2.31. The van der Waals surface area contributed by atoms with E-state index in [4.69, 9.17) is 54.7 Å². The van der Waals surface area contributed by atoms with E-state index in [1.165, 1.54) is 12.2 Å². The van der Waals surface area contributed by atoms with Gasteiger partial charge in [0.25, 0.3) is 0 Å². The van der Waals surface area contributed by atoms with Crippen molar-refractivity contribution >= 4 is 46.8 Å². The molecule has 0 aromatic heterocycles. The number of carbonyl (C=O) groups is 1. The lowest BCUT2D eigenvalue weighted by molar-refractivity contribution is -0.128. The van der Waals surface area contributed by atoms with E-state index in [9.17, 15) is 10.1 Å². The third kappa shape index (κ3) is 6.50. The SMILES string of the molecule is N#CC1=C(N)Oc2cc(OC(=O)/C=C/c3ccc(Cl)cc3Cl)ccc2C1c1cccc(OCc2ccccc2Cl)c1. The second-order valence-electron chi connectivity index (χ2n) is 9.00. The summed E-state index contributed by atoms with van der Waals surface area (Å²) in [5.74, 6) is 0.0307. The highest BCUT2D eigenvalue weighted by atomic mass is 35.5. The molecular weight excluding hydrogens is 583 g/mol. The van der Waals surface area contributed by atoms with Crippen LogP contribution >= 0.6 is 34.8 Å². The number of halogens is 3. The maximum Gasteiger partial charge on any atom is 0.336 e. The summed E-state index contributed by atoms with van der Waals surface area (Å²) in [5, 5.41) is 11.4. The Labute approximate surface area is 251 Å². The van der Waals surface area contributed by atoms with Gasteiger partial charge in [-0.3, -0.25) is 0 Å². The lowest BCUT2D eigenvalue weighted by Crippen LogP contribution is -2.21. The van der Waals surface area contributed by atoms with Gasteiger partial charge < -0.3 is 19.9 Å². The van der Waals surface area contributed by atoms with E-state index in [1.54, 1.807) is 42.5 Å². The van der Waals surface area contributed by atoms with E-state index in [1.807, 2.05) is 42.5 Å². The number of fused-ring (bicyclic) bond motifs is 1. The number of nitrogens with two attached hydrogens (primary N) is 1. The monoisotopic (exact) mass is 602 g/mol. The number of allylic oxidation sites excluding steroid dienone is 1. The molecule has 0 aliphatic carbocycles. The molecule has 4 aromatic rings. The van der Waals surface area contributed by atoms with E-state index in [2.05, 4.69) is 6.07 Å². The van der Waals surface area contributed by atoms with Gasteiger partial charge in [-0.1, -0.05) is 77.3 Å². The number of benzene rings is 4. The Morgan fingerprint density at radius 3 is 2.56 bits per heavy atom. The van der Waals surface area contributed by atoms with Crippen LogP contribution in [0, 0.1) is 11.3 Å². The third-order valence-electron chi connectivity index (χ3n) is 6.31. The van der Waals surface area contributed by atoms with Crippen LogP contribution in [0.3, 0.4) is 0 Å². The second-order valence-corrected chi connectivity index (χ2v) is 10.2. The average Bonchev–Trinajstić information content (AvgIpc) is 2.95. The zero-order chi connectivity index (χ0) is 28.9. The normalized spacial score (nSPS) is 14.2. The fourth-order valence-corrected chi connectivity index (χ4v) is 5.01. The molecular formula is C32H21Cl3N2O4. The van der Waals surface area contributed by atoms with Crippen LogP contribution in [0.15, 0.2) is 102 Å². The predicted molar refractivity (Wildman–Crippen MR) is 159 cm³/mol.